The summed E-state index contributed by atoms with van der Waals surface area (Å²) in [5.41, 5.74) is 2.47. The molecular formula is C18H11Cl2F4N5O4S2. The summed E-state index contributed by atoms with van der Waals surface area (Å²) in [5, 5.41) is 12.0. The first-order chi connectivity index (χ1) is 16.0. The van der Waals surface area contributed by atoms with Crippen molar-refractivity contribution in [2.45, 2.75) is 11.1 Å². The van der Waals surface area contributed by atoms with E-state index in [1.807, 2.05) is 0 Å². The lowest BCUT2D eigenvalue weighted by atomic mass is 10.2. The molecule has 0 unspecified atom stereocenters. The number of nitrogens with two attached hydrogens (primary N) is 1. The Hall–Kier alpha value is -3.06. The molecule has 1 aromatic heterocycles. The van der Waals surface area contributed by atoms with Gasteiger partial charge in [0.15, 0.2) is 11.5 Å². The fourth-order valence-corrected chi connectivity index (χ4v) is 6.88. The summed E-state index contributed by atoms with van der Waals surface area (Å²) in [7, 11) is -9.77. The van der Waals surface area contributed by atoms with Crippen LogP contribution in [-0.2, 0) is 26.2 Å². The largest absolute Gasteiger partial charge is 0.416 e. The summed E-state index contributed by atoms with van der Waals surface area (Å²) in [4.78, 5) is -0.675. The van der Waals surface area contributed by atoms with E-state index in [1.165, 1.54) is 6.07 Å². The van der Waals surface area contributed by atoms with Gasteiger partial charge in [0.2, 0.25) is 10.0 Å². The Morgan fingerprint density at radius 3 is 2.03 bits per heavy atom. The van der Waals surface area contributed by atoms with Gasteiger partial charge in [-0.1, -0.05) is 23.2 Å². The molecule has 0 saturated carbocycles. The number of nitriles is 1. The number of hydrogen-bond donors (Lipinski definition) is 1. The van der Waals surface area contributed by atoms with Crippen LogP contribution in [0.1, 0.15) is 11.3 Å². The molecule has 0 atom stereocenters. The summed E-state index contributed by atoms with van der Waals surface area (Å²) in [6.45, 7) is 0. The second-order valence-electron chi connectivity index (χ2n) is 6.81. The Labute approximate surface area is 206 Å². The summed E-state index contributed by atoms with van der Waals surface area (Å²) < 4.78 is 104. The topological polar surface area (TPSA) is 139 Å². The predicted molar refractivity (Wildman–Crippen MR) is 119 cm³/mol. The van der Waals surface area contributed by atoms with Crippen molar-refractivity contribution in [3.63, 3.8) is 0 Å². The Morgan fingerprint density at radius 2 is 1.60 bits per heavy atom. The lowest BCUT2D eigenvalue weighted by molar-refractivity contribution is -0.137. The molecular weight excluding hydrogens is 561 g/mol. The molecule has 0 amide bonds. The predicted octanol–water partition coefficient (Wildman–Crippen LogP) is 3.95. The third kappa shape index (κ3) is 4.87. The van der Waals surface area contributed by atoms with Gasteiger partial charge < -0.3 is 5.73 Å². The zero-order valence-corrected chi connectivity index (χ0v) is 20.2. The van der Waals surface area contributed by atoms with Crippen LogP contribution < -0.4 is 9.44 Å². The van der Waals surface area contributed by atoms with Gasteiger partial charge in [-0.05, 0) is 36.4 Å². The molecule has 0 aliphatic rings. The molecule has 0 saturated heterocycles. The highest BCUT2D eigenvalue weighted by molar-refractivity contribution is 8.10. The lowest BCUT2D eigenvalue weighted by Crippen LogP contribution is -2.37. The molecule has 1 heterocycles. The van der Waals surface area contributed by atoms with E-state index in [4.69, 9.17) is 28.9 Å². The highest BCUT2D eigenvalue weighted by atomic mass is 35.5. The van der Waals surface area contributed by atoms with Crippen molar-refractivity contribution in [1.82, 2.24) is 9.78 Å². The number of anilines is 2. The Bertz CT molecular complexity index is 1560. The molecule has 0 aliphatic carbocycles. The minimum absolute atomic E-state index is 0.198. The fraction of sp³-hybridized carbons (Fsp3) is 0.111. The minimum atomic E-state index is -5.02. The van der Waals surface area contributed by atoms with Gasteiger partial charge in [-0.25, -0.2) is 25.9 Å². The van der Waals surface area contributed by atoms with E-state index in [0.29, 0.717) is 23.1 Å². The molecule has 0 radical (unpaired) electrons. The van der Waals surface area contributed by atoms with Gasteiger partial charge >= 0.3 is 6.18 Å². The standard InChI is InChI=1S/C18H11Cl2F4N5O4S2/c1-34(30,31)29(35(32,33)11-4-2-10(21)3-5-11)16-14(8-25)27-28(17(16)26)15-12(19)6-9(7-13(15)20)18(22,23)24/h2-7H,26H2,1H3. The van der Waals surface area contributed by atoms with Gasteiger partial charge in [0.1, 0.15) is 23.3 Å². The first-order valence-corrected chi connectivity index (χ1v) is 12.9. The molecule has 0 bridgehead atoms. The normalized spacial score (nSPS) is 12.4. The first kappa shape index (κ1) is 26.5. The molecule has 17 heteroatoms. The summed E-state index contributed by atoms with van der Waals surface area (Å²) in [6.07, 6.45) is -4.33. The van der Waals surface area contributed by atoms with E-state index in [-0.39, 0.29) is 3.71 Å². The molecule has 0 spiro atoms. The van der Waals surface area contributed by atoms with Gasteiger partial charge in [0.05, 0.1) is 26.8 Å². The Morgan fingerprint density at radius 1 is 1.09 bits per heavy atom. The lowest BCUT2D eigenvalue weighted by Gasteiger charge is -2.22. The number of nitrogens with zero attached hydrogens (tertiary/aromatic N) is 4. The van der Waals surface area contributed by atoms with Crippen LogP contribution in [-0.4, -0.2) is 32.9 Å². The molecule has 3 rings (SSSR count). The van der Waals surface area contributed by atoms with Gasteiger partial charge in [-0.15, -0.1) is 0 Å². The van der Waals surface area contributed by atoms with Gasteiger partial charge in [0, 0.05) is 0 Å². The van der Waals surface area contributed by atoms with Crippen LogP contribution in [0.4, 0.5) is 29.1 Å². The van der Waals surface area contributed by atoms with Crippen LogP contribution in [0.2, 0.25) is 10.0 Å². The fourth-order valence-electron chi connectivity index (χ4n) is 2.95. The van der Waals surface area contributed by atoms with Crippen molar-refractivity contribution in [3.8, 4) is 11.8 Å². The molecule has 35 heavy (non-hydrogen) atoms. The molecule has 186 valence electrons. The zero-order valence-electron chi connectivity index (χ0n) is 17.0. The molecule has 3 aromatic rings. The van der Waals surface area contributed by atoms with E-state index >= 15 is 0 Å². The highest BCUT2D eigenvalue weighted by Gasteiger charge is 2.39. The molecule has 0 aliphatic heterocycles. The maximum atomic E-state index is 13.3. The number of hydrogen-bond acceptors (Lipinski definition) is 7. The van der Waals surface area contributed by atoms with Crippen LogP contribution >= 0.6 is 23.2 Å². The van der Waals surface area contributed by atoms with E-state index in [2.05, 4.69) is 5.10 Å². The zero-order chi connectivity index (χ0) is 26.5. The van der Waals surface area contributed by atoms with Crippen molar-refractivity contribution >= 4 is 54.8 Å². The second kappa shape index (κ2) is 8.86. The molecule has 2 N–H and O–H groups in total. The van der Waals surface area contributed by atoms with E-state index < -0.39 is 75.4 Å². The van der Waals surface area contributed by atoms with Crippen LogP contribution in [0.25, 0.3) is 5.69 Å². The summed E-state index contributed by atoms with van der Waals surface area (Å²) in [5.74, 6) is -1.62. The van der Waals surface area contributed by atoms with Crippen molar-refractivity contribution in [1.29, 1.82) is 5.26 Å². The van der Waals surface area contributed by atoms with Crippen molar-refractivity contribution in [2.75, 3.05) is 15.7 Å². The number of alkyl halides is 3. The number of benzene rings is 2. The summed E-state index contributed by atoms with van der Waals surface area (Å²) in [6, 6.07) is 5.52. The number of nitrogen functional groups attached to an aromatic ring is 1. The maximum Gasteiger partial charge on any atom is 0.416 e. The number of rotatable bonds is 5. The van der Waals surface area contributed by atoms with Crippen molar-refractivity contribution < 1.29 is 34.4 Å². The van der Waals surface area contributed by atoms with Crippen LogP contribution in [0.5, 0.6) is 0 Å². The van der Waals surface area contributed by atoms with Crippen LogP contribution in [0.15, 0.2) is 41.3 Å². The quantitative estimate of drug-likeness (QED) is 0.457. The molecule has 0 fully saturated rings. The Kier molecular flexibility index (Phi) is 6.72. The Balaban J connectivity index is 2.34. The number of halogens is 6. The highest BCUT2D eigenvalue weighted by Crippen LogP contribution is 2.41. The van der Waals surface area contributed by atoms with Gasteiger partial charge in [-0.2, -0.15) is 27.2 Å². The molecule has 2 aromatic carbocycles. The van der Waals surface area contributed by atoms with Crippen LogP contribution in [0.3, 0.4) is 0 Å². The van der Waals surface area contributed by atoms with E-state index in [0.717, 1.165) is 24.3 Å². The van der Waals surface area contributed by atoms with Gasteiger partial charge in [-0.3, -0.25) is 0 Å². The smallest absolute Gasteiger partial charge is 0.382 e. The maximum absolute atomic E-state index is 13.3. The van der Waals surface area contributed by atoms with Gasteiger partial charge in [0.25, 0.3) is 10.0 Å². The summed E-state index contributed by atoms with van der Waals surface area (Å²) >= 11 is 11.9. The minimum Gasteiger partial charge on any atom is -0.382 e. The molecule has 9 nitrogen and oxygen atoms in total. The van der Waals surface area contributed by atoms with E-state index in [9.17, 15) is 39.7 Å². The van der Waals surface area contributed by atoms with E-state index in [1.54, 1.807) is 0 Å². The average molecular weight is 572 g/mol. The van der Waals surface area contributed by atoms with Crippen molar-refractivity contribution in [2.24, 2.45) is 0 Å². The SMILES string of the molecule is CS(=O)(=O)N(c1c(C#N)nn(-c2c(Cl)cc(C(F)(F)F)cc2Cl)c1N)S(=O)(=O)c1ccc(F)cc1. The number of sulfonamides is 2. The van der Waals surface area contributed by atoms with Crippen LogP contribution in [0, 0.1) is 17.1 Å². The first-order valence-electron chi connectivity index (χ1n) is 8.86. The number of aromatic nitrogens is 2. The average Bonchev–Trinajstić information content (AvgIpc) is 3.02. The third-order valence-corrected chi connectivity index (χ3v) is 8.62. The third-order valence-electron chi connectivity index (χ3n) is 4.37. The second-order valence-corrected chi connectivity index (χ2v) is 11.5. The van der Waals surface area contributed by atoms with Crippen molar-refractivity contribution in [3.05, 3.63) is 63.5 Å². The monoisotopic (exact) mass is 571 g/mol.